The molecule has 3 aromatic rings. The van der Waals surface area contributed by atoms with Crippen LogP contribution in [0.25, 0.3) is 11.0 Å². The first-order valence-electron chi connectivity index (χ1n) is 8.57. The topological polar surface area (TPSA) is 59.4 Å². The van der Waals surface area contributed by atoms with Crippen LogP contribution < -0.4 is 10.1 Å². The highest BCUT2D eigenvalue weighted by atomic mass is 19.1. The van der Waals surface area contributed by atoms with Crippen LogP contribution in [0.15, 0.2) is 30.3 Å². The zero-order chi connectivity index (χ0) is 19.7. The lowest BCUT2D eigenvalue weighted by Crippen LogP contribution is -2.21. The number of nitrogens with zero attached hydrogens (tertiary/aromatic N) is 3. The molecule has 6 nitrogen and oxygen atoms in total. The fourth-order valence-corrected chi connectivity index (χ4v) is 3.01. The minimum atomic E-state index is -0.351. The number of rotatable bonds is 5. The van der Waals surface area contributed by atoms with Gasteiger partial charge in [-0.25, -0.2) is 9.37 Å². The summed E-state index contributed by atoms with van der Waals surface area (Å²) in [4.78, 5) is 18.6. The predicted octanol–water partition coefficient (Wildman–Crippen LogP) is 3.34. The van der Waals surface area contributed by atoms with E-state index in [4.69, 9.17) is 4.74 Å². The molecule has 3 rings (SSSR count). The number of hydrogen-bond acceptors (Lipinski definition) is 4. The van der Waals surface area contributed by atoms with Gasteiger partial charge in [-0.3, -0.25) is 4.79 Å². The number of nitrogens with one attached hydrogen (secondary N) is 1. The molecule has 0 atom stereocenters. The fraction of sp³-hybridized carbons (Fsp3) is 0.300. The lowest BCUT2D eigenvalue weighted by molar-refractivity contribution is 0.0828. The summed E-state index contributed by atoms with van der Waals surface area (Å²) in [5.74, 6) is 0.834. The van der Waals surface area contributed by atoms with Gasteiger partial charge < -0.3 is 19.5 Å². The van der Waals surface area contributed by atoms with E-state index in [1.165, 1.54) is 18.1 Å². The first-order chi connectivity index (χ1) is 12.8. The largest absolute Gasteiger partial charge is 0.496 e. The van der Waals surface area contributed by atoms with E-state index in [9.17, 15) is 9.18 Å². The molecule has 0 aliphatic heterocycles. The minimum Gasteiger partial charge on any atom is -0.496 e. The van der Waals surface area contributed by atoms with Gasteiger partial charge in [0.25, 0.3) is 5.91 Å². The third-order valence-electron chi connectivity index (χ3n) is 4.61. The number of hydrogen-bond donors (Lipinski definition) is 1. The maximum absolute atomic E-state index is 14.2. The summed E-state index contributed by atoms with van der Waals surface area (Å²) in [6, 6.07) is 8.30. The van der Waals surface area contributed by atoms with Crippen LogP contribution in [0.2, 0.25) is 0 Å². The van der Waals surface area contributed by atoms with E-state index in [1.54, 1.807) is 32.3 Å². The molecule has 0 unspecified atom stereocenters. The summed E-state index contributed by atoms with van der Waals surface area (Å²) in [5.41, 5.74) is 3.21. The Bertz CT molecular complexity index is 1010. The average molecular weight is 370 g/mol. The predicted molar refractivity (Wildman–Crippen MR) is 104 cm³/mol. The second-order valence-electron chi connectivity index (χ2n) is 6.58. The molecule has 1 amide bonds. The van der Waals surface area contributed by atoms with Gasteiger partial charge in [0.05, 0.1) is 18.3 Å². The molecule has 0 spiro atoms. The lowest BCUT2D eigenvalue weighted by Gasteiger charge is -2.15. The molecule has 0 aliphatic rings. The summed E-state index contributed by atoms with van der Waals surface area (Å²) in [6.45, 7) is 2.11. The van der Waals surface area contributed by atoms with Gasteiger partial charge >= 0.3 is 0 Å². The number of methoxy groups -OCH3 is 1. The van der Waals surface area contributed by atoms with Gasteiger partial charge in [-0.1, -0.05) is 6.07 Å². The molecule has 7 heteroatoms. The quantitative estimate of drug-likeness (QED) is 0.748. The number of ether oxygens (including phenoxy) is 1. The molecule has 1 aromatic heterocycles. The SMILES string of the molecule is COc1cccc(F)c1CNc1cc(C(=O)N(C)C)cc2c1nc(C)n2C. The number of carbonyl (C=O) groups is 1. The molecule has 27 heavy (non-hydrogen) atoms. The van der Waals surface area contributed by atoms with Gasteiger partial charge in [-0.15, -0.1) is 0 Å². The summed E-state index contributed by atoms with van der Waals surface area (Å²) in [7, 11) is 6.82. The summed E-state index contributed by atoms with van der Waals surface area (Å²) >= 11 is 0. The number of amides is 1. The number of carbonyl (C=O) groups excluding carboxylic acids is 1. The molecule has 0 saturated carbocycles. The molecule has 0 fully saturated rings. The molecule has 142 valence electrons. The molecule has 1 heterocycles. The van der Waals surface area contributed by atoms with Crippen LogP contribution in [0.5, 0.6) is 5.75 Å². The van der Waals surface area contributed by atoms with E-state index >= 15 is 0 Å². The van der Waals surface area contributed by atoms with Crippen LogP contribution in [-0.2, 0) is 13.6 Å². The normalized spacial score (nSPS) is 10.9. The number of halogens is 1. The van der Waals surface area contributed by atoms with Gasteiger partial charge in [0.1, 0.15) is 22.9 Å². The molecule has 2 aromatic carbocycles. The first-order valence-corrected chi connectivity index (χ1v) is 8.57. The van der Waals surface area contributed by atoms with Crippen molar-refractivity contribution < 1.29 is 13.9 Å². The molecule has 0 bridgehead atoms. The van der Waals surface area contributed by atoms with Crippen molar-refractivity contribution in [2.75, 3.05) is 26.5 Å². The van der Waals surface area contributed by atoms with E-state index in [0.29, 0.717) is 22.6 Å². The average Bonchev–Trinajstić information content (AvgIpc) is 2.94. The molecular weight excluding hydrogens is 347 g/mol. The second-order valence-corrected chi connectivity index (χ2v) is 6.58. The number of anilines is 1. The number of fused-ring (bicyclic) bond motifs is 1. The van der Waals surface area contributed by atoms with Crippen molar-refractivity contribution >= 4 is 22.6 Å². The van der Waals surface area contributed by atoms with E-state index < -0.39 is 0 Å². The van der Waals surface area contributed by atoms with E-state index in [-0.39, 0.29) is 18.3 Å². The highest BCUT2D eigenvalue weighted by Gasteiger charge is 2.17. The molecular formula is C20H23FN4O2. The molecule has 0 saturated heterocycles. The lowest BCUT2D eigenvalue weighted by atomic mass is 10.1. The summed E-state index contributed by atoms with van der Waals surface area (Å²) in [5, 5.41) is 3.23. The smallest absolute Gasteiger partial charge is 0.253 e. The third kappa shape index (κ3) is 3.45. The van der Waals surface area contributed by atoms with Crippen molar-refractivity contribution in [2.45, 2.75) is 13.5 Å². The van der Waals surface area contributed by atoms with Crippen LogP contribution in [0.1, 0.15) is 21.7 Å². The van der Waals surface area contributed by atoms with E-state index in [1.807, 2.05) is 24.6 Å². The molecule has 0 aliphatic carbocycles. The van der Waals surface area contributed by atoms with Crippen molar-refractivity contribution in [3.63, 3.8) is 0 Å². The van der Waals surface area contributed by atoms with Crippen LogP contribution in [-0.4, -0.2) is 41.6 Å². The van der Waals surface area contributed by atoms with Crippen molar-refractivity contribution in [1.29, 1.82) is 0 Å². The maximum Gasteiger partial charge on any atom is 0.253 e. The van der Waals surface area contributed by atoms with Crippen molar-refractivity contribution in [3.8, 4) is 5.75 Å². The van der Waals surface area contributed by atoms with Gasteiger partial charge in [0.2, 0.25) is 0 Å². The van der Waals surface area contributed by atoms with Crippen molar-refractivity contribution in [3.05, 3.63) is 53.1 Å². The van der Waals surface area contributed by atoms with Gasteiger partial charge in [0.15, 0.2) is 0 Å². The van der Waals surface area contributed by atoms with Crippen LogP contribution in [0.4, 0.5) is 10.1 Å². The first kappa shape index (κ1) is 18.7. The Kier molecular flexibility index (Phi) is 5.03. The Labute approximate surface area is 157 Å². The standard InChI is InChI=1S/C20H23FN4O2/c1-12-23-19-16(22-11-14-15(21)7-6-8-18(14)27-5)9-13(20(26)24(2)3)10-17(19)25(12)4/h6-10,22H,11H2,1-5H3. The molecule has 1 N–H and O–H groups in total. The van der Waals surface area contributed by atoms with Gasteiger partial charge in [-0.05, 0) is 31.2 Å². The Morgan fingerprint density at radius 2 is 2.07 bits per heavy atom. The second kappa shape index (κ2) is 7.26. The highest BCUT2D eigenvalue weighted by Crippen LogP contribution is 2.28. The third-order valence-corrected chi connectivity index (χ3v) is 4.61. The number of benzene rings is 2. The number of aryl methyl sites for hydroxylation is 2. The van der Waals surface area contributed by atoms with Crippen LogP contribution in [0, 0.1) is 12.7 Å². The van der Waals surface area contributed by atoms with Gasteiger partial charge in [0, 0.05) is 38.8 Å². The highest BCUT2D eigenvalue weighted by molar-refractivity contribution is 6.01. The number of imidazole rings is 1. The van der Waals surface area contributed by atoms with Crippen LogP contribution in [0.3, 0.4) is 0 Å². The Morgan fingerprint density at radius 1 is 1.33 bits per heavy atom. The minimum absolute atomic E-state index is 0.109. The fourth-order valence-electron chi connectivity index (χ4n) is 3.01. The van der Waals surface area contributed by atoms with Crippen LogP contribution >= 0.6 is 0 Å². The van der Waals surface area contributed by atoms with E-state index in [2.05, 4.69) is 10.3 Å². The van der Waals surface area contributed by atoms with Gasteiger partial charge in [-0.2, -0.15) is 0 Å². The summed E-state index contributed by atoms with van der Waals surface area (Å²) in [6.07, 6.45) is 0. The number of aromatic nitrogens is 2. The van der Waals surface area contributed by atoms with Crippen molar-refractivity contribution in [1.82, 2.24) is 14.5 Å². The monoisotopic (exact) mass is 370 g/mol. The Hall–Kier alpha value is -3.09. The Morgan fingerprint density at radius 3 is 2.74 bits per heavy atom. The Balaban J connectivity index is 2.05. The molecule has 0 radical (unpaired) electrons. The van der Waals surface area contributed by atoms with Crippen molar-refractivity contribution in [2.24, 2.45) is 7.05 Å². The summed E-state index contributed by atoms with van der Waals surface area (Å²) < 4.78 is 21.4. The maximum atomic E-state index is 14.2. The zero-order valence-electron chi connectivity index (χ0n) is 16.1. The van der Waals surface area contributed by atoms with E-state index in [0.717, 1.165) is 16.9 Å². The zero-order valence-corrected chi connectivity index (χ0v) is 16.1.